The molecule has 8 heteroatoms. The summed E-state index contributed by atoms with van der Waals surface area (Å²) in [4.78, 5) is 37.8. The van der Waals surface area contributed by atoms with E-state index in [1.807, 2.05) is 0 Å². The van der Waals surface area contributed by atoms with Crippen molar-refractivity contribution in [1.29, 1.82) is 0 Å². The minimum atomic E-state index is -4.36. The van der Waals surface area contributed by atoms with Crippen molar-refractivity contribution < 1.29 is 28.7 Å². The second-order valence-corrected chi connectivity index (χ2v) is 9.08. The van der Waals surface area contributed by atoms with E-state index in [9.17, 15) is 28.7 Å². The molecule has 0 spiro atoms. The third-order valence-electron chi connectivity index (χ3n) is 3.90. The average Bonchev–Trinajstić information content (AvgIpc) is 2.33. The maximum atomic E-state index is 11.6. The highest BCUT2D eigenvalue weighted by molar-refractivity contribution is 7.60. The van der Waals surface area contributed by atoms with Gasteiger partial charge in [0.2, 0.25) is 0 Å². The molecule has 130 valence electrons. The molecule has 2 aromatic rings. The van der Waals surface area contributed by atoms with Crippen LogP contribution in [0.25, 0.3) is 11.1 Å². The Bertz CT molecular complexity index is 785. The molecule has 0 saturated heterocycles. The van der Waals surface area contributed by atoms with E-state index in [0.29, 0.717) is 22.3 Å². The normalized spacial score (nSPS) is 12.5. The van der Waals surface area contributed by atoms with Crippen LogP contribution in [0.4, 0.5) is 0 Å². The van der Waals surface area contributed by atoms with Gasteiger partial charge in [0.05, 0.1) is 10.6 Å². The maximum absolute atomic E-state index is 11.6. The van der Waals surface area contributed by atoms with Crippen molar-refractivity contribution >= 4 is 25.8 Å². The number of hydrogen-bond donors (Lipinski definition) is 4. The second-order valence-electron chi connectivity index (χ2n) is 6.01. The molecular formula is C16H20O6P2. The van der Waals surface area contributed by atoms with E-state index in [-0.39, 0.29) is 10.6 Å². The third kappa shape index (κ3) is 3.70. The summed E-state index contributed by atoms with van der Waals surface area (Å²) in [5.74, 6) is 0. The van der Waals surface area contributed by atoms with Gasteiger partial charge in [-0.1, -0.05) is 24.3 Å². The molecule has 0 saturated carbocycles. The van der Waals surface area contributed by atoms with Crippen molar-refractivity contribution in [2.45, 2.75) is 27.7 Å². The van der Waals surface area contributed by atoms with Gasteiger partial charge in [0.25, 0.3) is 0 Å². The van der Waals surface area contributed by atoms with Crippen LogP contribution in [-0.4, -0.2) is 19.6 Å². The summed E-state index contributed by atoms with van der Waals surface area (Å²) in [5, 5.41) is 0.0399. The number of aryl methyl sites for hydroxylation is 4. The topological polar surface area (TPSA) is 115 Å². The zero-order valence-corrected chi connectivity index (χ0v) is 15.6. The van der Waals surface area contributed by atoms with Gasteiger partial charge in [-0.25, -0.2) is 0 Å². The van der Waals surface area contributed by atoms with E-state index in [2.05, 4.69) is 0 Å². The van der Waals surface area contributed by atoms with Crippen LogP contribution in [0.15, 0.2) is 24.3 Å². The Labute approximate surface area is 140 Å². The fraction of sp³-hybridized carbons (Fsp3) is 0.250. The number of hydrogen-bond acceptors (Lipinski definition) is 2. The van der Waals surface area contributed by atoms with E-state index in [0.717, 1.165) is 11.1 Å². The molecule has 24 heavy (non-hydrogen) atoms. The van der Waals surface area contributed by atoms with Crippen LogP contribution < -0.4 is 10.6 Å². The lowest BCUT2D eigenvalue weighted by atomic mass is 9.97. The highest BCUT2D eigenvalue weighted by Crippen LogP contribution is 2.39. The molecule has 0 radical (unpaired) electrons. The molecule has 0 amide bonds. The quantitative estimate of drug-likeness (QED) is 0.616. The van der Waals surface area contributed by atoms with Gasteiger partial charge in [-0.2, -0.15) is 0 Å². The van der Waals surface area contributed by atoms with Crippen molar-refractivity contribution in [2.75, 3.05) is 0 Å². The van der Waals surface area contributed by atoms with Crippen LogP contribution in [0.1, 0.15) is 22.3 Å². The van der Waals surface area contributed by atoms with E-state index in [4.69, 9.17) is 0 Å². The molecule has 0 aromatic heterocycles. The highest BCUT2D eigenvalue weighted by Gasteiger charge is 2.25. The first-order chi connectivity index (χ1) is 10.8. The van der Waals surface area contributed by atoms with Gasteiger partial charge in [0, 0.05) is 0 Å². The lowest BCUT2D eigenvalue weighted by Crippen LogP contribution is -2.14. The first-order valence-electron chi connectivity index (χ1n) is 7.17. The summed E-state index contributed by atoms with van der Waals surface area (Å²) in [6, 6.07) is 6.69. The molecular weight excluding hydrogens is 350 g/mol. The van der Waals surface area contributed by atoms with Crippen LogP contribution >= 0.6 is 15.2 Å². The van der Waals surface area contributed by atoms with Gasteiger partial charge in [-0.3, -0.25) is 9.13 Å². The Balaban J connectivity index is 2.67. The number of benzene rings is 2. The van der Waals surface area contributed by atoms with Crippen LogP contribution in [0.3, 0.4) is 0 Å². The van der Waals surface area contributed by atoms with Gasteiger partial charge in [0.15, 0.2) is 0 Å². The molecule has 0 heterocycles. The van der Waals surface area contributed by atoms with Gasteiger partial charge in [0.1, 0.15) is 0 Å². The first-order valence-corrected chi connectivity index (χ1v) is 10.4. The van der Waals surface area contributed by atoms with Gasteiger partial charge in [-0.15, -0.1) is 0 Å². The molecule has 2 aromatic carbocycles. The summed E-state index contributed by atoms with van der Waals surface area (Å²) in [5.41, 5.74) is 3.40. The third-order valence-corrected chi connectivity index (χ3v) is 6.47. The average molecular weight is 370 g/mol. The molecule has 0 fully saturated rings. The number of rotatable bonds is 3. The molecule has 0 aliphatic carbocycles. The van der Waals surface area contributed by atoms with Crippen molar-refractivity contribution in [1.82, 2.24) is 0 Å². The minimum absolute atomic E-state index is 0.0199. The fourth-order valence-corrected chi connectivity index (χ4v) is 5.26. The van der Waals surface area contributed by atoms with E-state index in [1.54, 1.807) is 52.0 Å². The maximum Gasteiger partial charge on any atom is 0.356 e. The zero-order valence-electron chi connectivity index (χ0n) is 13.8. The Morgan fingerprint density at radius 2 is 0.792 bits per heavy atom. The predicted molar refractivity (Wildman–Crippen MR) is 94.2 cm³/mol. The first kappa shape index (κ1) is 19.1. The highest BCUT2D eigenvalue weighted by atomic mass is 31.2. The summed E-state index contributed by atoms with van der Waals surface area (Å²) >= 11 is 0. The molecule has 0 unspecified atom stereocenters. The van der Waals surface area contributed by atoms with Crippen molar-refractivity contribution in [3.05, 3.63) is 46.5 Å². The molecule has 6 nitrogen and oxygen atoms in total. The van der Waals surface area contributed by atoms with Crippen LogP contribution in [-0.2, 0) is 9.13 Å². The molecule has 4 N–H and O–H groups in total. The summed E-state index contributed by atoms with van der Waals surface area (Å²) in [7, 11) is -8.71. The summed E-state index contributed by atoms with van der Waals surface area (Å²) in [6.45, 7) is 6.53. The monoisotopic (exact) mass is 370 g/mol. The lowest BCUT2D eigenvalue weighted by molar-refractivity contribution is 0.385. The summed E-state index contributed by atoms with van der Waals surface area (Å²) < 4.78 is 23.2. The summed E-state index contributed by atoms with van der Waals surface area (Å²) in [6.07, 6.45) is 0. The Kier molecular flexibility index (Phi) is 4.95. The van der Waals surface area contributed by atoms with Crippen LogP contribution in [0.2, 0.25) is 0 Å². The Morgan fingerprint density at radius 1 is 0.583 bits per heavy atom. The van der Waals surface area contributed by atoms with E-state index >= 15 is 0 Å². The van der Waals surface area contributed by atoms with Gasteiger partial charge >= 0.3 is 15.2 Å². The Hall–Kier alpha value is -1.26. The SMILES string of the molecule is Cc1cc(-c2cc(C)c(P(=O)(O)O)c(C)c2)cc(C)c1P(=O)(O)O. The fourth-order valence-electron chi connectivity index (χ4n) is 3.16. The van der Waals surface area contributed by atoms with E-state index in [1.165, 1.54) is 0 Å². The second kappa shape index (κ2) is 6.23. The lowest BCUT2D eigenvalue weighted by Gasteiger charge is -2.16. The van der Waals surface area contributed by atoms with Crippen LogP contribution in [0, 0.1) is 27.7 Å². The van der Waals surface area contributed by atoms with Crippen molar-refractivity contribution in [2.24, 2.45) is 0 Å². The van der Waals surface area contributed by atoms with E-state index < -0.39 is 15.2 Å². The largest absolute Gasteiger partial charge is 0.356 e. The molecule has 0 atom stereocenters. The van der Waals surface area contributed by atoms with Gasteiger partial charge < -0.3 is 19.6 Å². The smallest absolute Gasteiger partial charge is 0.321 e. The Morgan fingerprint density at radius 3 is 0.958 bits per heavy atom. The molecule has 0 aliphatic heterocycles. The molecule has 0 aliphatic rings. The zero-order chi connectivity index (χ0) is 18.4. The van der Waals surface area contributed by atoms with Crippen molar-refractivity contribution in [3.8, 4) is 11.1 Å². The standard InChI is InChI=1S/C16H20O6P2/c1-9-5-13(6-10(2)15(9)23(17,18)19)14-7-11(3)16(12(4)8-14)24(20,21)22/h5-8H,1-4H3,(H2,17,18,19)(H2,20,21,22). The predicted octanol–water partition coefficient (Wildman–Crippen LogP) is 2.19. The van der Waals surface area contributed by atoms with Crippen molar-refractivity contribution in [3.63, 3.8) is 0 Å². The van der Waals surface area contributed by atoms with Gasteiger partial charge in [-0.05, 0) is 61.1 Å². The minimum Gasteiger partial charge on any atom is -0.321 e. The van der Waals surface area contributed by atoms with Crippen LogP contribution in [0.5, 0.6) is 0 Å². The molecule has 0 bridgehead atoms. The molecule has 2 rings (SSSR count).